The Balaban J connectivity index is 1.46. The Morgan fingerprint density at radius 2 is 1.71 bits per heavy atom. The number of guanidine groups is 1. The fourth-order valence-corrected chi connectivity index (χ4v) is 4.88. The summed E-state index contributed by atoms with van der Waals surface area (Å²) in [6.07, 6.45) is 1.20. The minimum Gasteiger partial charge on any atom is -0.379 e. The van der Waals surface area contributed by atoms with Gasteiger partial charge in [0.05, 0.1) is 39.0 Å². The fourth-order valence-electron chi connectivity index (χ4n) is 4.88. The predicted molar refractivity (Wildman–Crippen MR) is 125 cm³/mol. The first-order valence-corrected chi connectivity index (χ1v) is 12.0. The van der Waals surface area contributed by atoms with Crippen molar-refractivity contribution >= 4 is 5.96 Å². The van der Waals surface area contributed by atoms with Crippen LogP contribution in [0.15, 0.2) is 29.3 Å². The van der Waals surface area contributed by atoms with Gasteiger partial charge in [0.15, 0.2) is 5.96 Å². The highest BCUT2D eigenvalue weighted by molar-refractivity contribution is 5.80. The van der Waals surface area contributed by atoms with Crippen molar-refractivity contribution in [2.75, 3.05) is 78.8 Å². The molecule has 2 unspecified atom stereocenters. The summed E-state index contributed by atoms with van der Waals surface area (Å²) in [6.45, 7) is 15.5. The van der Waals surface area contributed by atoms with E-state index < -0.39 is 0 Å². The van der Waals surface area contributed by atoms with E-state index in [4.69, 9.17) is 14.5 Å². The topological polar surface area (TPSA) is 52.6 Å². The molecule has 4 rings (SSSR count). The minimum atomic E-state index is 0.288. The first-order valence-electron chi connectivity index (χ1n) is 12.0. The van der Waals surface area contributed by atoms with Gasteiger partial charge in [-0.3, -0.25) is 14.8 Å². The number of aryl methyl sites for hydroxylation is 1. The third-order valence-corrected chi connectivity index (χ3v) is 6.72. The lowest BCUT2D eigenvalue weighted by atomic mass is 10.0. The molecule has 0 aromatic heterocycles. The summed E-state index contributed by atoms with van der Waals surface area (Å²) in [5.41, 5.74) is 2.65. The molecular weight excluding hydrogens is 390 g/mol. The van der Waals surface area contributed by atoms with Gasteiger partial charge in [0.1, 0.15) is 0 Å². The van der Waals surface area contributed by atoms with Gasteiger partial charge in [0.25, 0.3) is 0 Å². The quantitative estimate of drug-likeness (QED) is 0.549. The fraction of sp³-hybridized carbons (Fsp3) is 0.708. The molecular formula is C24H39N5O2. The van der Waals surface area contributed by atoms with Gasteiger partial charge in [0, 0.05) is 51.9 Å². The molecule has 0 bridgehead atoms. The van der Waals surface area contributed by atoms with Crippen molar-refractivity contribution in [3.63, 3.8) is 0 Å². The Morgan fingerprint density at radius 1 is 1.03 bits per heavy atom. The molecule has 1 aromatic rings. The van der Waals surface area contributed by atoms with E-state index in [0.717, 1.165) is 84.7 Å². The summed E-state index contributed by atoms with van der Waals surface area (Å²) in [4.78, 5) is 12.7. The highest BCUT2D eigenvalue weighted by Crippen LogP contribution is 2.24. The summed E-state index contributed by atoms with van der Waals surface area (Å²) in [7, 11) is 0. The number of benzene rings is 1. The lowest BCUT2D eigenvalue weighted by molar-refractivity contribution is 0.0178. The van der Waals surface area contributed by atoms with Crippen molar-refractivity contribution in [1.82, 2.24) is 20.0 Å². The molecule has 7 nitrogen and oxygen atoms in total. The largest absolute Gasteiger partial charge is 0.379 e. The van der Waals surface area contributed by atoms with Gasteiger partial charge in [-0.05, 0) is 25.8 Å². The zero-order chi connectivity index (χ0) is 21.5. The standard InChI is InChI=1S/C24H39N5O2/c1-3-25-24(29-9-8-22(19-29)27-10-14-30-15-11-27)26-18-23(28-12-16-31-17-13-28)21-6-4-20(2)5-7-21/h4-7,22-23H,3,8-19H2,1-2H3,(H,25,26). The van der Waals surface area contributed by atoms with E-state index in [-0.39, 0.29) is 6.04 Å². The Labute approximate surface area is 187 Å². The molecule has 7 heteroatoms. The monoisotopic (exact) mass is 429 g/mol. The number of morpholine rings is 2. The Kier molecular flexibility index (Phi) is 8.19. The first kappa shape index (κ1) is 22.5. The number of hydrogen-bond acceptors (Lipinski definition) is 5. The van der Waals surface area contributed by atoms with E-state index in [9.17, 15) is 0 Å². The van der Waals surface area contributed by atoms with Gasteiger partial charge in [0.2, 0.25) is 0 Å². The molecule has 3 saturated heterocycles. The van der Waals surface area contributed by atoms with E-state index in [1.807, 2.05) is 0 Å². The van der Waals surface area contributed by atoms with Crippen molar-refractivity contribution in [2.45, 2.75) is 32.4 Å². The van der Waals surface area contributed by atoms with Crippen molar-refractivity contribution in [3.05, 3.63) is 35.4 Å². The number of hydrogen-bond donors (Lipinski definition) is 1. The second kappa shape index (κ2) is 11.3. The second-order valence-corrected chi connectivity index (χ2v) is 8.81. The van der Waals surface area contributed by atoms with Crippen molar-refractivity contribution < 1.29 is 9.47 Å². The van der Waals surface area contributed by atoms with Crippen LogP contribution >= 0.6 is 0 Å². The van der Waals surface area contributed by atoms with Crippen molar-refractivity contribution in [3.8, 4) is 0 Å². The van der Waals surface area contributed by atoms with Gasteiger partial charge in [-0.2, -0.15) is 0 Å². The Hall–Kier alpha value is -1.67. The van der Waals surface area contributed by atoms with Gasteiger partial charge >= 0.3 is 0 Å². The van der Waals surface area contributed by atoms with Crippen LogP contribution < -0.4 is 5.32 Å². The lowest BCUT2D eigenvalue weighted by Crippen LogP contribution is -2.47. The highest BCUT2D eigenvalue weighted by atomic mass is 16.5. The van der Waals surface area contributed by atoms with Crippen LogP contribution in [-0.2, 0) is 9.47 Å². The van der Waals surface area contributed by atoms with E-state index in [1.165, 1.54) is 17.5 Å². The zero-order valence-electron chi connectivity index (χ0n) is 19.3. The number of rotatable bonds is 6. The van der Waals surface area contributed by atoms with Crippen molar-refractivity contribution in [1.29, 1.82) is 0 Å². The number of nitrogens with zero attached hydrogens (tertiary/aromatic N) is 4. The van der Waals surface area contributed by atoms with Crippen LogP contribution in [-0.4, -0.2) is 105 Å². The summed E-state index contributed by atoms with van der Waals surface area (Å²) in [5, 5.41) is 3.56. The first-order chi connectivity index (χ1) is 15.2. The molecule has 0 spiro atoms. The molecule has 3 fully saturated rings. The second-order valence-electron chi connectivity index (χ2n) is 8.81. The molecule has 3 aliphatic rings. The number of likely N-dealkylation sites (tertiary alicyclic amines) is 1. The molecule has 3 heterocycles. The van der Waals surface area contributed by atoms with Crippen molar-refractivity contribution in [2.24, 2.45) is 4.99 Å². The summed E-state index contributed by atoms with van der Waals surface area (Å²) < 4.78 is 11.1. The number of nitrogens with one attached hydrogen (secondary N) is 1. The molecule has 0 saturated carbocycles. The summed E-state index contributed by atoms with van der Waals surface area (Å²) in [5.74, 6) is 1.06. The zero-order valence-corrected chi connectivity index (χ0v) is 19.3. The average Bonchev–Trinajstić information content (AvgIpc) is 3.31. The Bertz CT molecular complexity index is 698. The lowest BCUT2D eigenvalue weighted by Gasteiger charge is -2.34. The summed E-state index contributed by atoms with van der Waals surface area (Å²) >= 11 is 0. The molecule has 0 radical (unpaired) electrons. The third kappa shape index (κ3) is 5.98. The van der Waals surface area contributed by atoms with E-state index in [2.05, 4.69) is 58.1 Å². The van der Waals surface area contributed by atoms with Crippen LogP contribution in [0.5, 0.6) is 0 Å². The number of ether oxygens (including phenoxy) is 2. The molecule has 1 aromatic carbocycles. The average molecular weight is 430 g/mol. The minimum absolute atomic E-state index is 0.288. The smallest absolute Gasteiger partial charge is 0.194 e. The van der Waals surface area contributed by atoms with Gasteiger partial charge in [-0.15, -0.1) is 0 Å². The molecule has 2 atom stereocenters. The van der Waals surface area contributed by atoms with Gasteiger partial charge < -0.3 is 19.7 Å². The van der Waals surface area contributed by atoms with E-state index >= 15 is 0 Å². The molecule has 1 N–H and O–H groups in total. The van der Waals surface area contributed by atoms with Crippen LogP contribution in [0.4, 0.5) is 0 Å². The van der Waals surface area contributed by atoms with E-state index in [1.54, 1.807) is 0 Å². The molecule has 172 valence electrons. The van der Waals surface area contributed by atoms with Crippen LogP contribution in [0.25, 0.3) is 0 Å². The normalized spacial score (nSPS) is 25.0. The van der Waals surface area contributed by atoms with Gasteiger partial charge in [-0.1, -0.05) is 29.8 Å². The predicted octanol–water partition coefficient (Wildman–Crippen LogP) is 1.74. The van der Waals surface area contributed by atoms with E-state index in [0.29, 0.717) is 6.04 Å². The maximum absolute atomic E-state index is 5.61. The molecule has 31 heavy (non-hydrogen) atoms. The third-order valence-electron chi connectivity index (χ3n) is 6.72. The number of aliphatic imine (C=N–C) groups is 1. The van der Waals surface area contributed by atoms with Crippen LogP contribution in [0, 0.1) is 6.92 Å². The maximum atomic E-state index is 5.61. The summed E-state index contributed by atoms with van der Waals surface area (Å²) in [6, 6.07) is 9.86. The highest BCUT2D eigenvalue weighted by Gasteiger charge is 2.30. The van der Waals surface area contributed by atoms with Gasteiger partial charge in [-0.25, -0.2) is 0 Å². The molecule has 0 amide bonds. The SMILES string of the molecule is CCNC(=NCC(c1ccc(C)cc1)N1CCOCC1)N1CCC(N2CCOCC2)C1. The van der Waals surface area contributed by atoms with Crippen LogP contribution in [0.2, 0.25) is 0 Å². The maximum Gasteiger partial charge on any atom is 0.194 e. The molecule has 0 aliphatic carbocycles. The molecule has 3 aliphatic heterocycles. The van der Waals surface area contributed by atoms with Crippen LogP contribution in [0.1, 0.15) is 30.5 Å². The van der Waals surface area contributed by atoms with Crippen LogP contribution in [0.3, 0.4) is 0 Å². The Morgan fingerprint density at radius 3 is 2.39 bits per heavy atom.